The minimum Gasteiger partial charge on any atom is -0.361 e. The topological polar surface area (TPSA) is 65.1 Å². The SMILES string of the molecule is O=C(CCCc1c[nH]c2ccccc12)N1CCN(c2ncccn2)CC1. The van der Waals surface area contributed by atoms with Gasteiger partial charge in [-0.3, -0.25) is 4.79 Å². The first-order chi connectivity index (χ1) is 12.8. The second-order valence-electron chi connectivity index (χ2n) is 6.63. The number of carbonyl (C=O) groups is 1. The quantitative estimate of drug-likeness (QED) is 0.769. The van der Waals surface area contributed by atoms with Crippen molar-refractivity contribution < 1.29 is 4.79 Å². The van der Waals surface area contributed by atoms with E-state index in [9.17, 15) is 4.79 Å². The van der Waals surface area contributed by atoms with Gasteiger partial charge in [-0.25, -0.2) is 9.97 Å². The molecule has 0 radical (unpaired) electrons. The van der Waals surface area contributed by atoms with Gasteiger partial charge < -0.3 is 14.8 Å². The normalized spacial score (nSPS) is 14.8. The van der Waals surface area contributed by atoms with Gasteiger partial charge in [0.25, 0.3) is 0 Å². The van der Waals surface area contributed by atoms with E-state index in [4.69, 9.17) is 0 Å². The fraction of sp³-hybridized carbons (Fsp3) is 0.350. The Labute approximate surface area is 152 Å². The third-order valence-corrected chi connectivity index (χ3v) is 4.98. The van der Waals surface area contributed by atoms with Gasteiger partial charge in [0.1, 0.15) is 0 Å². The molecule has 3 aromatic rings. The Hall–Kier alpha value is -2.89. The largest absolute Gasteiger partial charge is 0.361 e. The van der Waals surface area contributed by atoms with Gasteiger partial charge in [0.05, 0.1) is 0 Å². The number of rotatable bonds is 5. The average molecular weight is 349 g/mol. The molecule has 1 saturated heterocycles. The highest BCUT2D eigenvalue weighted by atomic mass is 16.2. The zero-order valence-corrected chi connectivity index (χ0v) is 14.8. The molecule has 0 unspecified atom stereocenters. The Morgan fingerprint density at radius 3 is 2.62 bits per heavy atom. The van der Waals surface area contributed by atoms with Gasteiger partial charge in [-0.15, -0.1) is 0 Å². The van der Waals surface area contributed by atoms with E-state index < -0.39 is 0 Å². The lowest BCUT2D eigenvalue weighted by Gasteiger charge is -2.34. The summed E-state index contributed by atoms with van der Waals surface area (Å²) in [5.74, 6) is 0.998. The molecule has 0 bridgehead atoms. The summed E-state index contributed by atoms with van der Waals surface area (Å²) in [7, 11) is 0. The van der Waals surface area contributed by atoms with E-state index in [1.807, 2.05) is 17.0 Å². The number of carbonyl (C=O) groups excluding carboxylic acids is 1. The van der Waals surface area contributed by atoms with E-state index in [2.05, 4.69) is 44.2 Å². The zero-order chi connectivity index (χ0) is 17.8. The summed E-state index contributed by atoms with van der Waals surface area (Å²) in [5.41, 5.74) is 2.45. The van der Waals surface area contributed by atoms with Crippen LogP contribution in [-0.2, 0) is 11.2 Å². The highest BCUT2D eigenvalue weighted by Gasteiger charge is 2.22. The van der Waals surface area contributed by atoms with Crippen molar-refractivity contribution in [3.8, 4) is 0 Å². The summed E-state index contributed by atoms with van der Waals surface area (Å²) in [4.78, 5) is 28.5. The standard InChI is InChI=1S/C20H23N5O/c26-19(8-3-5-16-15-23-18-7-2-1-6-17(16)18)24-11-13-25(14-12-24)20-21-9-4-10-22-20/h1-2,4,6-7,9-10,15,23H,3,5,8,11-14H2. The number of hydrogen-bond donors (Lipinski definition) is 1. The number of fused-ring (bicyclic) bond motifs is 1. The van der Waals surface area contributed by atoms with E-state index in [-0.39, 0.29) is 5.91 Å². The Bertz CT molecular complexity index is 868. The van der Waals surface area contributed by atoms with Crippen LogP contribution in [0, 0.1) is 0 Å². The molecule has 26 heavy (non-hydrogen) atoms. The molecule has 0 saturated carbocycles. The fourth-order valence-corrected chi connectivity index (χ4v) is 3.54. The molecule has 1 N–H and O–H groups in total. The summed E-state index contributed by atoms with van der Waals surface area (Å²) in [6, 6.07) is 10.1. The minimum absolute atomic E-state index is 0.249. The first-order valence-corrected chi connectivity index (χ1v) is 9.16. The van der Waals surface area contributed by atoms with E-state index in [0.29, 0.717) is 6.42 Å². The minimum atomic E-state index is 0.249. The molecule has 1 aliphatic heterocycles. The lowest BCUT2D eigenvalue weighted by Crippen LogP contribution is -2.49. The number of amides is 1. The van der Waals surface area contributed by atoms with Crippen molar-refractivity contribution in [3.63, 3.8) is 0 Å². The van der Waals surface area contributed by atoms with Crippen LogP contribution in [0.5, 0.6) is 0 Å². The average Bonchev–Trinajstić information content (AvgIpc) is 3.12. The number of benzene rings is 1. The smallest absolute Gasteiger partial charge is 0.225 e. The van der Waals surface area contributed by atoms with Crippen LogP contribution in [0.15, 0.2) is 48.9 Å². The van der Waals surface area contributed by atoms with E-state index in [0.717, 1.165) is 50.5 Å². The van der Waals surface area contributed by atoms with E-state index >= 15 is 0 Å². The van der Waals surface area contributed by atoms with Crippen LogP contribution in [0.25, 0.3) is 10.9 Å². The van der Waals surface area contributed by atoms with Gasteiger partial charge in [-0.05, 0) is 30.5 Å². The molecule has 0 spiro atoms. The van der Waals surface area contributed by atoms with Gasteiger partial charge in [-0.1, -0.05) is 18.2 Å². The molecule has 2 aromatic heterocycles. The second kappa shape index (κ2) is 7.56. The molecule has 1 aliphatic rings. The van der Waals surface area contributed by atoms with Gasteiger partial charge in [0.15, 0.2) is 0 Å². The lowest BCUT2D eigenvalue weighted by molar-refractivity contribution is -0.131. The summed E-state index contributed by atoms with van der Waals surface area (Å²) >= 11 is 0. The van der Waals surface area contributed by atoms with Crippen molar-refractivity contribution in [2.75, 3.05) is 31.1 Å². The predicted molar refractivity (Wildman–Crippen MR) is 102 cm³/mol. The van der Waals surface area contributed by atoms with Crippen molar-refractivity contribution >= 4 is 22.8 Å². The zero-order valence-electron chi connectivity index (χ0n) is 14.8. The number of aromatic amines is 1. The van der Waals surface area contributed by atoms with E-state index in [1.165, 1.54) is 10.9 Å². The van der Waals surface area contributed by atoms with Crippen LogP contribution in [0.3, 0.4) is 0 Å². The predicted octanol–water partition coefficient (Wildman–Crippen LogP) is 2.63. The molecule has 1 aromatic carbocycles. The van der Waals surface area contributed by atoms with Gasteiger partial charge in [0.2, 0.25) is 11.9 Å². The fourth-order valence-electron chi connectivity index (χ4n) is 3.54. The summed E-state index contributed by atoms with van der Waals surface area (Å²) in [6.45, 7) is 3.06. The van der Waals surface area contributed by atoms with Crippen LogP contribution < -0.4 is 4.90 Å². The lowest BCUT2D eigenvalue weighted by atomic mass is 10.1. The molecule has 134 valence electrons. The number of nitrogens with zero attached hydrogens (tertiary/aromatic N) is 4. The second-order valence-corrected chi connectivity index (χ2v) is 6.63. The molecule has 1 fully saturated rings. The molecule has 3 heterocycles. The van der Waals surface area contributed by atoms with Crippen LogP contribution in [0.2, 0.25) is 0 Å². The highest BCUT2D eigenvalue weighted by molar-refractivity contribution is 5.83. The summed E-state index contributed by atoms with van der Waals surface area (Å²) < 4.78 is 0. The summed E-state index contributed by atoms with van der Waals surface area (Å²) in [6.07, 6.45) is 7.97. The Balaban J connectivity index is 1.26. The van der Waals surface area contributed by atoms with Crippen molar-refractivity contribution in [1.29, 1.82) is 0 Å². The maximum absolute atomic E-state index is 12.5. The van der Waals surface area contributed by atoms with Crippen LogP contribution in [-0.4, -0.2) is 51.9 Å². The number of hydrogen-bond acceptors (Lipinski definition) is 4. The van der Waals surface area contributed by atoms with Crippen LogP contribution in [0.4, 0.5) is 5.95 Å². The molecule has 1 amide bonds. The Morgan fingerprint density at radius 1 is 1.04 bits per heavy atom. The maximum atomic E-state index is 12.5. The monoisotopic (exact) mass is 349 g/mol. The number of piperazine rings is 1. The van der Waals surface area contributed by atoms with Gasteiger partial charge >= 0.3 is 0 Å². The summed E-state index contributed by atoms with van der Waals surface area (Å²) in [5, 5.41) is 1.26. The third kappa shape index (κ3) is 3.54. The van der Waals surface area contributed by atoms with Gasteiger partial charge in [-0.2, -0.15) is 0 Å². The molecule has 6 nitrogen and oxygen atoms in total. The Kier molecular flexibility index (Phi) is 4.82. The number of anilines is 1. The van der Waals surface area contributed by atoms with Crippen molar-refractivity contribution in [1.82, 2.24) is 19.9 Å². The molecule has 0 atom stereocenters. The first kappa shape index (κ1) is 16.6. The number of para-hydroxylation sites is 1. The van der Waals surface area contributed by atoms with Crippen molar-refractivity contribution in [2.45, 2.75) is 19.3 Å². The number of H-pyrrole nitrogens is 1. The number of aryl methyl sites for hydroxylation is 1. The highest BCUT2D eigenvalue weighted by Crippen LogP contribution is 2.20. The molecule has 4 rings (SSSR count). The number of aromatic nitrogens is 3. The van der Waals surface area contributed by atoms with Crippen molar-refractivity contribution in [3.05, 3.63) is 54.5 Å². The van der Waals surface area contributed by atoms with E-state index in [1.54, 1.807) is 12.4 Å². The van der Waals surface area contributed by atoms with Crippen molar-refractivity contribution in [2.24, 2.45) is 0 Å². The Morgan fingerprint density at radius 2 is 1.81 bits per heavy atom. The molecule has 6 heteroatoms. The maximum Gasteiger partial charge on any atom is 0.225 e. The molecular formula is C20H23N5O. The molecule has 0 aliphatic carbocycles. The van der Waals surface area contributed by atoms with Gasteiger partial charge in [0, 0.05) is 62.1 Å². The molecular weight excluding hydrogens is 326 g/mol. The van der Waals surface area contributed by atoms with Crippen LogP contribution in [0.1, 0.15) is 18.4 Å². The van der Waals surface area contributed by atoms with Crippen LogP contribution >= 0.6 is 0 Å². The first-order valence-electron chi connectivity index (χ1n) is 9.16. The third-order valence-electron chi connectivity index (χ3n) is 4.98. The number of nitrogens with one attached hydrogen (secondary N) is 1.